The lowest BCUT2D eigenvalue weighted by atomic mass is 10.2. The highest BCUT2D eigenvalue weighted by atomic mass is 16.7. The van der Waals surface area contributed by atoms with Crippen LogP contribution in [0.3, 0.4) is 0 Å². The van der Waals surface area contributed by atoms with E-state index in [4.69, 9.17) is 20.4 Å². The molecule has 0 radical (unpaired) electrons. The summed E-state index contributed by atoms with van der Waals surface area (Å²) in [6.45, 7) is 1.56. The van der Waals surface area contributed by atoms with Gasteiger partial charge < -0.3 is 20.4 Å². The van der Waals surface area contributed by atoms with Gasteiger partial charge in [0.1, 0.15) is 5.84 Å². The predicted octanol–water partition coefficient (Wildman–Crippen LogP) is 1.84. The zero-order valence-corrected chi connectivity index (χ0v) is 9.73. The van der Waals surface area contributed by atoms with Gasteiger partial charge in [-0.25, -0.2) is 0 Å². The molecule has 0 aromatic rings. The van der Waals surface area contributed by atoms with Crippen LogP contribution in [0.4, 0.5) is 0 Å². The normalized spacial score (nSPS) is 22.2. The van der Waals surface area contributed by atoms with E-state index in [1.165, 1.54) is 6.42 Å². The van der Waals surface area contributed by atoms with Crippen molar-refractivity contribution in [1.82, 2.24) is 0 Å². The molecule has 1 rings (SSSR count). The second-order valence-corrected chi connectivity index (χ2v) is 4.07. The molecule has 3 N–H and O–H groups in total. The molecule has 1 aliphatic heterocycles. The van der Waals surface area contributed by atoms with E-state index in [-0.39, 0.29) is 6.29 Å². The molecule has 1 unspecified atom stereocenters. The van der Waals surface area contributed by atoms with Gasteiger partial charge in [-0.05, 0) is 32.1 Å². The van der Waals surface area contributed by atoms with Crippen LogP contribution in [0.2, 0.25) is 0 Å². The standard InChI is InChI=1S/C11H22N2O3/c12-10(13-14)6-2-1-4-8-15-11-7-3-5-9-16-11/h11,14H,1-9H2,(H2,12,13). The van der Waals surface area contributed by atoms with E-state index in [0.717, 1.165) is 45.3 Å². The maximum atomic E-state index is 8.33. The molecule has 0 aromatic heterocycles. The number of rotatable bonds is 7. The second-order valence-electron chi connectivity index (χ2n) is 4.07. The minimum Gasteiger partial charge on any atom is -0.409 e. The van der Waals surface area contributed by atoms with E-state index in [0.29, 0.717) is 12.3 Å². The largest absolute Gasteiger partial charge is 0.409 e. The number of amidine groups is 1. The lowest BCUT2D eigenvalue weighted by Crippen LogP contribution is -2.22. The van der Waals surface area contributed by atoms with Crippen molar-refractivity contribution in [3.8, 4) is 0 Å². The molecule has 1 aliphatic rings. The molecule has 5 nitrogen and oxygen atoms in total. The third-order valence-electron chi connectivity index (χ3n) is 2.65. The van der Waals surface area contributed by atoms with Gasteiger partial charge >= 0.3 is 0 Å². The van der Waals surface area contributed by atoms with Crippen LogP contribution in [0.25, 0.3) is 0 Å². The number of nitrogens with two attached hydrogens (primary N) is 1. The lowest BCUT2D eigenvalue weighted by Gasteiger charge is -2.22. The van der Waals surface area contributed by atoms with Crippen LogP contribution < -0.4 is 5.73 Å². The van der Waals surface area contributed by atoms with Crippen LogP contribution in [0.1, 0.15) is 44.9 Å². The molecule has 1 heterocycles. The molecular formula is C11H22N2O3. The quantitative estimate of drug-likeness (QED) is 0.230. The van der Waals surface area contributed by atoms with Crippen molar-refractivity contribution in [2.75, 3.05) is 13.2 Å². The zero-order chi connectivity index (χ0) is 11.6. The molecule has 94 valence electrons. The van der Waals surface area contributed by atoms with Crippen molar-refractivity contribution in [1.29, 1.82) is 0 Å². The first-order valence-electron chi connectivity index (χ1n) is 6.02. The highest BCUT2D eigenvalue weighted by Crippen LogP contribution is 2.14. The summed E-state index contributed by atoms with van der Waals surface area (Å²) < 4.78 is 11.0. The smallest absolute Gasteiger partial charge is 0.157 e. The van der Waals surface area contributed by atoms with E-state index in [9.17, 15) is 0 Å². The number of ether oxygens (including phenoxy) is 2. The van der Waals surface area contributed by atoms with Crippen molar-refractivity contribution in [2.24, 2.45) is 10.9 Å². The van der Waals surface area contributed by atoms with E-state index in [2.05, 4.69) is 5.16 Å². The summed E-state index contributed by atoms with van der Waals surface area (Å²) in [7, 11) is 0. The average molecular weight is 230 g/mol. The molecule has 1 atom stereocenters. The van der Waals surface area contributed by atoms with Gasteiger partial charge in [0.05, 0.1) is 0 Å². The molecule has 0 saturated carbocycles. The van der Waals surface area contributed by atoms with Crippen LogP contribution in [-0.4, -0.2) is 30.5 Å². The summed E-state index contributed by atoms with van der Waals surface area (Å²) >= 11 is 0. The first kappa shape index (κ1) is 13.3. The third-order valence-corrected chi connectivity index (χ3v) is 2.65. The predicted molar refractivity (Wildman–Crippen MR) is 61.4 cm³/mol. The molecule has 0 aromatic carbocycles. The molecular weight excluding hydrogens is 208 g/mol. The SMILES string of the molecule is N/C(CCCCCOC1CCCCO1)=N\O. The van der Waals surface area contributed by atoms with Gasteiger partial charge in [-0.2, -0.15) is 0 Å². The first-order chi connectivity index (χ1) is 7.83. The van der Waals surface area contributed by atoms with Crippen molar-refractivity contribution in [2.45, 2.75) is 51.2 Å². The molecule has 0 spiro atoms. The zero-order valence-electron chi connectivity index (χ0n) is 9.73. The van der Waals surface area contributed by atoms with E-state index in [1.54, 1.807) is 0 Å². The van der Waals surface area contributed by atoms with Crippen molar-refractivity contribution in [3.05, 3.63) is 0 Å². The minimum absolute atomic E-state index is 0.0119. The van der Waals surface area contributed by atoms with E-state index >= 15 is 0 Å². The summed E-state index contributed by atoms with van der Waals surface area (Å²) in [5.74, 6) is 0.302. The fraction of sp³-hybridized carbons (Fsp3) is 0.909. The highest BCUT2D eigenvalue weighted by molar-refractivity contribution is 5.79. The Morgan fingerprint density at radius 1 is 1.38 bits per heavy atom. The van der Waals surface area contributed by atoms with Crippen molar-refractivity contribution >= 4 is 5.84 Å². The number of hydrogen-bond donors (Lipinski definition) is 2. The summed E-state index contributed by atoms with van der Waals surface area (Å²) in [6, 6.07) is 0. The van der Waals surface area contributed by atoms with Gasteiger partial charge in [0, 0.05) is 19.6 Å². The maximum Gasteiger partial charge on any atom is 0.157 e. The third kappa shape index (κ3) is 5.92. The Bertz CT molecular complexity index is 203. The van der Waals surface area contributed by atoms with Crippen molar-refractivity contribution < 1.29 is 14.7 Å². The number of nitrogens with zero attached hydrogens (tertiary/aromatic N) is 1. The lowest BCUT2D eigenvalue weighted by molar-refractivity contribution is -0.162. The number of hydrogen-bond acceptors (Lipinski definition) is 4. The Hall–Kier alpha value is -0.810. The fourth-order valence-electron chi connectivity index (χ4n) is 1.69. The Morgan fingerprint density at radius 3 is 2.94 bits per heavy atom. The van der Waals surface area contributed by atoms with Gasteiger partial charge in [-0.15, -0.1) is 0 Å². The number of oxime groups is 1. The topological polar surface area (TPSA) is 77.1 Å². The van der Waals surface area contributed by atoms with Crippen LogP contribution in [0.15, 0.2) is 5.16 Å². The average Bonchev–Trinajstić information content (AvgIpc) is 2.34. The van der Waals surface area contributed by atoms with Crippen LogP contribution in [0, 0.1) is 0 Å². The Kier molecular flexibility index (Phi) is 6.92. The molecule has 5 heteroatoms. The Labute approximate surface area is 96.6 Å². The van der Waals surface area contributed by atoms with Gasteiger partial charge in [0.2, 0.25) is 0 Å². The molecule has 1 fully saturated rings. The molecule has 16 heavy (non-hydrogen) atoms. The van der Waals surface area contributed by atoms with Crippen LogP contribution >= 0.6 is 0 Å². The van der Waals surface area contributed by atoms with Gasteiger partial charge in [-0.3, -0.25) is 0 Å². The van der Waals surface area contributed by atoms with Gasteiger partial charge in [-0.1, -0.05) is 11.6 Å². The molecule has 0 bridgehead atoms. The number of unbranched alkanes of at least 4 members (excludes halogenated alkanes) is 2. The molecule has 0 aliphatic carbocycles. The Balaban J connectivity index is 1.87. The van der Waals surface area contributed by atoms with Gasteiger partial charge in [0.25, 0.3) is 0 Å². The molecule has 1 saturated heterocycles. The maximum absolute atomic E-state index is 8.33. The Morgan fingerprint density at radius 2 is 2.25 bits per heavy atom. The van der Waals surface area contributed by atoms with Crippen molar-refractivity contribution in [3.63, 3.8) is 0 Å². The molecule has 0 amide bonds. The second kappa shape index (κ2) is 8.35. The summed E-state index contributed by atoms with van der Waals surface area (Å²) in [5, 5.41) is 11.3. The monoisotopic (exact) mass is 230 g/mol. The first-order valence-corrected chi connectivity index (χ1v) is 6.02. The summed E-state index contributed by atoms with van der Waals surface area (Å²) in [4.78, 5) is 0. The fourth-order valence-corrected chi connectivity index (χ4v) is 1.69. The minimum atomic E-state index is 0.0119. The van der Waals surface area contributed by atoms with Gasteiger partial charge in [0.15, 0.2) is 6.29 Å². The van der Waals surface area contributed by atoms with E-state index < -0.39 is 0 Å². The van der Waals surface area contributed by atoms with Crippen LogP contribution in [0.5, 0.6) is 0 Å². The highest BCUT2D eigenvalue weighted by Gasteiger charge is 2.13. The summed E-state index contributed by atoms with van der Waals surface area (Å²) in [5.41, 5.74) is 5.35. The summed E-state index contributed by atoms with van der Waals surface area (Å²) in [6.07, 6.45) is 7.00. The van der Waals surface area contributed by atoms with E-state index in [1.807, 2.05) is 0 Å². The van der Waals surface area contributed by atoms with Crippen LogP contribution in [-0.2, 0) is 9.47 Å².